The van der Waals surface area contributed by atoms with E-state index in [0.717, 1.165) is 38.5 Å². The lowest BCUT2D eigenvalue weighted by Gasteiger charge is -2.62. The van der Waals surface area contributed by atoms with Crippen LogP contribution in [0, 0.1) is 34.5 Å². The molecule has 0 bridgehead atoms. The maximum absolute atomic E-state index is 13.0. The van der Waals surface area contributed by atoms with E-state index in [-0.39, 0.29) is 35.2 Å². The Morgan fingerprint density at radius 3 is 2.38 bits per heavy atom. The Kier molecular flexibility index (Phi) is 5.98. The van der Waals surface area contributed by atoms with Crippen molar-refractivity contribution in [1.29, 1.82) is 0 Å². The number of rotatable bonds is 4. The van der Waals surface area contributed by atoms with Crippen molar-refractivity contribution in [3.05, 3.63) is 0 Å². The van der Waals surface area contributed by atoms with Crippen LogP contribution in [0.3, 0.4) is 0 Å². The van der Waals surface area contributed by atoms with Crippen LogP contribution < -0.4 is 0 Å². The number of aliphatic hydroxyl groups is 2. The van der Waals surface area contributed by atoms with Crippen LogP contribution in [0.5, 0.6) is 0 Å². The van der Waals surface area contributed by atoms with Crippen molar-refractivity contribution in [2.45, 2.75) is 96.9 Å². The molecule has 0 unspecified atom stereocenters. The van der Waals surface area contributed by atoms with Crippen molar-refractivity contribution in [2.24, 2.45) is 34.5 Å². The average molecular weight is 451 g/mol. The molecule has 0 aromatic heterocycles. The summed E-state index contributed by atoms with van der Waals surface area (Å²) in [4.78, 5) is 35.6. The summed E-state index contributed by atoms with van der Waals surface area (Å²) >= 11 is 0. The quantitative estimate of drug-likeness (QED) is 0.634. The highest BCUT2D eigenvalue weighted by atomic mass is 16.5. The van der Waals surface area contributed by atoms with Crippen LogP contribution in [0.1, 0.15) is 79.1 Å². The maximum Gasteiger partial charge on any atom is 0.303 e. The number of carbonyl (C=O) groups excluding carboxylic acids is 3. The second-order valence-electron chi connectivity index (χ2n) is 11.4. The van der Waals surface area contributed by atoms with E-state index in [1.54, 1.807) is 0 Å². The molecule has 0 aromatic rings. The normalized spacial score (nSPS) is 47.6. The van der Waals surface area contributed by atoms with Crippen molar-refractivity contribution < 1.29 is 34.1 Å². The van der Waals surface area contributed by atoms with E-state index in [1.807, 2.05) is 6.92 Å². The largest absolute Gasteiger partial charge is 0.463 e. The first-order valence-corrected chi connectivity index (χ1v) is 12.2. The Bertz CT molecular complexity index is 795. The first-order valence-electron chi connectivity index (χ1n) is 12.2. The average Bonchev–Trinajstić information content (AvgIpc) is 2.97. The Morgan fingerprint density at radius 2 is 1.72 bits per heavy atom. The number of aliphatic hydroxyl groups excluding tert-OH is 1. The maximum atomic E-state index is 13.0. The lowest BCUT2D eigenvalue weighted by molar-refractivity contribution is -0.205. The summed E-state index contributed by atoms with van der Waals surface area (Å²) in [5, 5.41) is 23.0. The van der Waals surface area contributed by atoms with Crippen LogP contribution in [0.25, 0.3) is 0 Å². The van der Waals surface area contributed by atoms with Gasteiger partial charge in [-0.3, -0.25) is 14.4 Å². The summed E-state index contributed by atoms with van der Waals surface area (Å²) in [5.74, 6) is -0.331. The molecule has 7 heteroatoms. The van der Waals surface area contributed by atoms with E-state index in [0.29, 0.717) is 18.8 Å². The Balaban J connectivity index is 1.57. The third-order valence-corrected chi connectivity index (χ3v) is 9.90. The molecule has 4 saturated carbocycles. The lowest BCUT2D eigenvalue weighted by atomic mass is 9.43. The summed E-state index contributed by atoms with van der Waals surface area (Å²) in [6.45, 7) is 6.52. The molecule has 0 amide bonds. The molecule has 0 spiro atoms. The molecule has 32 heavy (non-hydrogen) atoms. The van der Waals surface area contributed by atoms with Crippen LogP contribution in [0.2, 0.25) is 0 Å². The van der Waals surface area contributed by atoms with E-state index < -0.39 is 35.5 Å². The van der Waals surface area contributed by atoms with Gasteiger partial charge in [0, 0.05) is 19.3 Å². The molecule has 4 aliphatic carbocycles. The third kappa shape index (κ3) is 3.51. The zero-order chi connectivity index (χ0) is 23.5. The van der Waals surface area contributed by atoms with E-state index >= 15 is 0 Å². The molecule has 180 valence electrons. The third-order valence-electron chi connectivity index (χ3n) is 9.90. The lowest BCUT2D eigenvalue weighted by Crippen LogP contribution is -2.63. The highest BCUT2D eigenvalue weighted by molar-refractivity contribution is 5.91. The van der Waals surface area contributed by atoms with E-state index in [2.05, 4.69) is 6.92 Å². The second kappa shape index (κ2) is 8.08. The fourth-order valence-corrected chi connectivity index (χ4v) is 8.44. The number of ketones is 1. The van der Waals surface area contributed by atoms with Gasteiger partial charge in [-0.05, 0) is 80.5 Å². The summed E-state index contributed by atoms with van der Waals surface area (Å²) in [6.07, 6.45) is 5.34. The van der Waals surface area contributed by atoms with Gasteiger partial charge in [0.15, 0.2) is 6.61 Å². The number of hydrogen-bond acceptors (Lipinski definition) is 7. The van der Waals surface area contributed by atoms with Crippen LogP contribution >= 0.6 is 0 Å². The first-order chi connectivity index (χ1) is 14.9. The van der Waals surface area contributed by atoms with Gasteiger partial charge >= 0.3 is 11.9 Å². The molecule has 7 nitrogen and oxygen atoms in total. The highest BCUT2D eigenvalue weighted by Gasteiger charge is 2.68. The predicted molar refractivity (Wildman–Crippen MR) is 115 cm³/mol. The molecule has 0 saturated heterocycles. The topological polar surface area (TPSA) is 110 Å². The monoisotopic (exact) mass is 450 g/mol. The fraction of sp³-hybridized carbons (Fsp3) is 0.880. The van der Waals surface area contributed by atoms with Gasteiger partial charge < -0.3 is 19.7 Å². The van der Waals surface area contributed by atoms with Crippen LogP contribution in [-0.4, -0.2) is 52.4 Å². The number of hydrogen-bond donors (Lipinski definition) is 2. The Labute approximate surface area is 190 Å². The van der Waals surface area contributed by atoms with Gasteiger partial charge in [0.2, 0.25) is 5.78 Å². The van der Waals surface area contributed by atoms with Crippen molar-refractivity contribution in [3.8, 4) is 0 Å². The van der Waals surface area contributed by atoms with Crippen molar-refractivity contribution >= 4 is 17.7 Å². The first kappa shape index (κ1) is 23.7. The summed E-state index contributed by atoms with van der Waals surface area (Å²) in [7, 11) is 0. The second-order valence-corrected chi connectivity index (χ2v) is 11.4. The van der Waals surface area contributed by atoms with E-state index in [9.17, 15) is 24.6 Å². The number of esters is 2. The standard InChI is InChI=1S/C25H38O7/c1-14(26)31-13-21(29)25(30)10-8-19-18-6-5-16-11-17(32-15(2)27)7-9-23(16,3)22(18)20(28)12-24(19,25)4/h16-20,22,28,30H,5-13H2,1-4H3/t16-,17+,18-,19-,20-,22+,23-,24-,25-/m0/s1. The van der Waals surface area contributed by atoms with Gasteiger partial charge in [0.25, 0.3) is 0 Å². The van der Waals surface area contributed by atoms with Crippen LogP contribution in [-0.2, 0) is 23.9 Å². The van der Waals surface area contributed by atoms with Crippen LogP contribution in [0.4, 0.5) is 0 Å². The zero-order valence-corrected chi connectivity index (χ0v) is 19.8. The van der Waals surface area contributed by atoms with Gasteiger partial charge in [0.1, 0.15) is 11.7 Å². The molecular weight excluding hydrogens is 412 g/mol. The van der Waals surface area contributed by atoms with Gasteiger partial charge in [-0.15, -0.1) is 0 Å². The molecule has 4 rings (SSSR count). The molecule has 2 N–H and O–H groups in total. The number of fused-ring (bicyclic) bond motifs is 5. The summed E-state index contributed by atoms with van der Waals surface area (Å²) < 4.78 is 10.4. The molecule has 0 heterocycles. The molecular formula is C25H38O7. The molecule has 4 fully saturated rings. The molecule has 4 aliphatic rings. The van der Waals surface area contributed by atoms with E-state index in [4.69, 9.17) is 9.47 Å². The number of ether oxygens (including phenoxy) is 2. The van der Waals surface area contributed by atoms with Crippen molar-refractivity contribution in [1.82, 2.24) is 0 Å². The Hall–Kier alpha value is -1.47. The van der Waals surface area contributed by atoms with Crippen molar-refractivity contribution in [3.63, 3.8) is 0 Å². The predicted octanol–water partition coefficient (Wildman–Crippen LogP) is 2.79. The van der Waals surface area contributed by atoms with Crippen LogP contribution in [0.15, 0.2) is 0 Å². The Morgan fingerprint density at radius 1 is 1.00 bits per heavy atom. The minimum absolute atomic E-state index is 0.0383. The van der Waals surface area contributed by atoms with Gasteiger partial charge in [-0.25, -0.2) is 0 Å². The summed E-state index contributed by atoms with van der Waals surface area (Å²) in [6, 6.07) is 0. The van der Waals surface area contributed by atoms with Gasteiger partial charge in [0.05, 0.1) is 6.10 Å². The molecule has 9 atom stereocenters. The smallest absolute Gasteiger partial charge is 0.303 e. The number of carbonyl (C=O) groups is 3. The van der Waals surface area contributed by atoms with E-state index in [1.165, 1.54) is 13.8 Å². The fourth-order valence-electron chi connectivity index (χ4n) is 8.44. The molecule has 0 aliphatic heterocycles. The number of Topliss-reactive ketones (excluding diaryl/α,β-unsaturated/α-hetero) is 1. The minimum atomic E-state index is -1.58. The summed E-state index contributed by atoms with van der Waals surface area (Å²) in [5.41, 5.74) is -2.35. The molecule has 0 radical (unpaired) electrons. The van der Waals surface area contributed by atoms with Crippen molar-refractivity contribution in [2.75, 3.05) is 6.61 Å². The van der Waals surface area contributed by atoms with Gasteiger partial charge in [-0.2, -0.15) is 0 Å². The minimum Gasteiger partial charge on any atom is -0.463 e. The highest BCUT2D eigenvalue weighted by Crippen LogP contribution is 2.68. The zero-order valence-electron chi connectivity index (χ0n) is 19.8. The molecule has 0 aromatic carbocycles. The SMILES string of the molecule is CC(=O)OCC(=O)[C@@]1(O)CC[C@H]2[C@@H]3CC[C@H]4C[C@H](OC(C)=O)CC[C@]4(C)[C@H]3[C@@H](O)C[C@@]21C. The van der Waals surface area contributed by atoms with Gasteiger partial charge in [-0.1, -0.05) is 13.8 Å².